The van der Waals surface area contributed by atoms with Gasteiger partial charge in [0.2, 0.25) is 0 Å². The number of rotatable bonds is 6. The van der Waals surface area contributed by atoms with E-state index in [0.717, 1.165) is 5.56 Å². The average Bonchev–Trinajstić information content (AvgIpc) is 2.41. The zero-order valence-electron chi connectivity index (χ0n) is 12.3. The van der Waals surface area contributed by atoms with Crippen molar-refractivity contribution in [2.75, 3.05) is 6.61 Å². The monoisotopic (exact) mass is 299 g/mol. The maximum atomic E-state index is 12.0. The molecule has 2 N–H and O–H groups in total. The largest absolute Gasteiger partial charge is 0.479 e. The fraction of sp³-hybridized carbons (Fsp3) is 0.533. The molecule has 0 aliphatic carbocycles. The lowest BCUT2D eigenvalue weighted by molar-refractivity contribution is -0.128. The molecule has 112 valence electrons. The molecule has 4 nitrogen and oxygen atoms in total. The summed E-state index contributed by atoms with van der Waals surface area (Å²) in [7, 11) is 0. The van der Waals surface area contributed by atoms with Gasteiger partial charge in [-0.3, -0.25) is 4.79 Å². The lowest BCUT2D eigenvalue weighted by Crippen LogP contribution is -2.44. The highest BCUT2D eigenvalue weighted by atomic mass is 35.5. The molecule has 0 heterocycles. The number of halogens is 1. The van der Waals surface area contributed by atoms with Gasteiger partial charge >= 0.3 is 0 Å². The van der Waals surface area contributed by atoms with Crippen LogP contribution in [0.15, 0.2) is 18.2 Å². The van der Waals surface area contributed by atoms with Crippen LogP contribution in [0.4, 0.5) is 0 Å². The molecule has 1 amide bonds. The molecule has 0 spiro atoms. The molecule has 3 unspecified atom stereocenters. The molecule has 20 heavy (non-hydrogen) atoms. The van der Waals surface area contributed by atoms with Gasteiger partial charge in [0, 0.05) is 12.6 Å². The summed E-state index contributed by atoms with van der Waals surface area (Å²) in [6.07, 6.45) is -0.650. The van der Waals surface area contributed by atoms with Crippen molar-refractivity contribution >= 4 is 17.5 Å². The van der Waals surface area contributed by atoms with Gasteiger partial charge in [-0.05, 0) is 44.4 Å². The predicted molar refractivity (Wildman–Crippen MR) is 80.1 cm³/mol. The van der Waals surface area contributed by atoms with E-state index in [1.165, 1.54) is 0 Å². The molecule has 0 saturated carbocycles. The third-order valence-electron chi connectivity index (χ3n) is 3.27. The van der Waals surface area contributed by atoms with Crippen molar-refractivity contribution in [3.8, 4) is 5.75 Å². The number of aliphatic hydroxyl groups excluding tert-OH is 1. The van der Waals surface area contributed by atoms with Crippen LogP contribution in [-0.4, -0.2) is 29.8 Å². The van der Waals surface area contributed by atoms with Crippen LogP contribution in [0.25, 0.3) is 0 Å². The first-order valence-electron chi connectivity index (χ1n) is 6.69. The Kier molecular flexibility index (Phi) is 6.30. The number of benzene rings is 1. The Labute approximate surface area is 125 Å². The third kappa shape index (κ3) is 4.69. The van der Waals surface area contributed by atoms with Crippen molar-refractivity contribution < 1.29 is 14.6 Å². The zero-order chi connectivity index (χ0) is 15.3. The molecule has 0 radical (unpaired) electrons. The normalized spacial score (nSPS) is 15.3. The number of amides is 1. The summed E-state index contributed by atoms with van der Waals surface area (Å²) in [6, 6.07) is 5.30. The minimum atomic E-state index is -0.650. The Balaban J connectivity index is 2.64. The standard InChI is InChI=1S/C15H22ClNO3/c1-9-5-6-13(16)14(7-9)20-12(4)15(19)17-11(3)10(2)8-18/h5-7,10-12,18H,8H2,1-4H3,(H,17,19). The van der Waals surface area contributed by atoms with Crippen LogP contribution >= 0.6 is 11.6 Å². The highest BCUT2D eigenvalue weighted by Crippen LogP contribution is 2.26. The molecule has 0 fully saturated rings. The molecule has 5 heteroatoms. The molecular formula is C15H22ClNO3. The SMILES string of the molecule is Cc1ccc(Cl)c(OC(C)C(=O)NC(C)C(C)CO)c1. The van der Waals surface area contributed by atoms with Gasteiger partial charge < -0.3 is 15.2 Å². The number of carbonyl (C=O) groups excluding carboxylic acids is 1. The van der Waals surface area contributed by atoms with E-state index < -0.39 is 6.10 Å². The molecule has 0 saturated heterocycles. The van der Waals surface area contributed by atoms with Gasteiger partial charge in [0.05, 0.1) is 5.02 Å². The van der Waals surface area contributed by atoms with Gasteiger partial charge in [0.25, 0.3) is 5.91 Å². The zero-order valence-corrected chi connectivity index (χ0v) is 13.1. The summed E-state index contributed by atoms with van der Waals surface area (Å²) in [5.41, 5.74) is 1.01. The van der Waals surface area contributed by atoms with E-state index in [-0.39, 0.29) is 24.5 Å². The summed E-state index contributed by atoms with van der Waals surface area (Å²) in [4.78, 5) is 12.0. The van der Waals surface area contributed by atoms with Crippen LogP contribution in [0.2, 0.25) is 5.02 Å². The summed E-state index contributed by atoms with van der Waals surface area (Å²) in [6.45, 7) is 7.35. The lowest BCUT2D eigenvalue weighted by atomic mass is 10.1. The minimum Gasteiger partial charge on any atom is -0.479 e. The number of ether oxygens (including phenoxy) is 1. The van der Waals surface area contributed by atoms with E-state index in [1.54, 1.807) is 19.1 Å². The van der Waals surface area contributed by atoms with E-state index in [1.807, 2.05) is 26.8 Å². The van der Waals surface area contributed by atoms with E-state index >= 15 is 0 Å². The third-order valence-corrected chi connectivity index (χ3v) is 3.58. The first-order chi connectivity index (χ1) is 9.35. The number of hydrogen-bond acceptors (Lipinski definition) is 3. The molecule has 0 aromatic heterocycles. The maximum Gasteiger partial charge on any atom is 0.260 e. The number of hydrogen-bond donors (Lipinski definition) is 2. The molecule has 0 bridgehead atoms. The number of aryl methyl sites for hydroxylation is 1. The van der Waals surface area contributed by atoms with Gasteiger partial charge in [0.15, 0.2) is 6.10 Å². The van der Waals surface area contributed by atoms with Crippen molar-refractivity contribution in [3.05, 3.63) is 28.8 Å². The minimum absolute atomic E-state index is 0.00583. The molecule has 0 aliphatic rings. The second kappa shape index (κ2) is 7.50. The summed E-state index contributed by atoms with van der Waals surface area (Å²) in [5.74, 6) is 0.265. The topological polar surface area (TPSA) is 58.6 Å². The molecule has 1 aromatic carbocycles. The summed E-state index contributed by atoms with van der Waals surface area (Å²) < 4.78 is 5.60. The summed E-state index contributed by atoms with van der Waals surface area (Å²) >= 11 is 6.03. The average molecular weight is 300 g/mol. The van der Waals surface area contributed by atoms with Crippen LogP contribution in [0.1, 0.15) is 26.3 Å². The Morgan fingerprint density at radius 1 is 1.40 bits per heavy atom. The Morgan fingerprint density at radius 3 is 2.65 bits per heavy atom. The first kappa shape index (κ1) is 16.8. The van der Waals surface area contributed by atoms with Gasteiger partial charge in [-0.2, -0.15) is 0 Å². The van der Waals surface area contributed by atoms with Crippen molar-refractivity contribution in [2.24, 2.45) is 5.92 Å². The van der Waals surface area contributed by atoms with Crippen molar-refractivity contribution in [1.82, 2.24) is 5.32 Å². The number of nitrogens with one attached hydrogen (secondary N) is 1. The quantitative estimate of drug-likeness (QED) is 0.849. The highest BCUT2D eigenvalue weighted by molar-refractivity contribution is 6.32. The Bertz CT molecular complexity index is 464. The molecule has 3 atom stereocenters. The smallest absolute Gasteiger partial charge is 0.260 e. The first-order valence-corrected chi connectivity index (χ1v) is 7.07. The Morgan fingerprint density at radius 2 is 2.05 bits per heavy atom. The van der Waals surface area contributed by atoms with Crippen LogP contribution in [0.5, 0.6) is 5.75 Å². The second-order valence-corrected chi connectivity index (χ2v) is 5.56. The van der Waals surface area contributed by atoms with Gasteiger partial charge in [-0.1, -0.05) is 24.6 Å². The van der Waals surface area contributed by atoms with E-state index in [0.29, 0.717) is 10.8 Å². The van der Waals surface area contributed by atoms with Crippen molar-refractivity contribution in [3.63, 3.8) is 0 Å². The fourth-order valence-corrected chi connectivity index (χ4v) is 1.75. The lowest BCUT2D eigenvalue weighted by Gasteiger charge is -2.22. The van der Waals surface area contributed by atoms with E-state index in [2.05, 4.69) is 5.32 Å². The highest BCUT2D eigenvalue weighted by Gasteiger charge is 2.20. The predicted octanol–water partition coefficient (Wildman–Crippen LogP) is 2.55. The summed E-state index contributed by atoms with van der Waals surface area (Å²) in [5, 5.41) is 12.4. The van der Waals surface area contributed by atoms with Crippen LogP contribution in [0.3, 0.4) is 0 Å². The van der Waals surface area contributed by atoms with Gasteiger partial charge in [0.1, 0.15) is 5.75 Å². The number of aliphatic hydroxyl groups is 1. The fourth-order valence-electron chi connectivity index (χ4n) is 1.59. The van der Waals surface area contributed by atoms with E-state index in [4.69, 9.17) is 21.4 Å². The number of carbonyl (C=O) groups is 1. The molecule has 1 aromatic rings. The van der Waals surface area contributed by atoms with Crippen LogP contribution in [-0.2, 0) is 4.79 Å². The van der Waals surface area contributed by atoms with Crippen molar-refractivity contribution in [2.45, 2.75) is 39.8 Å². The van der Waals surface area contributed by atoms with Gasteiger partial charge in [-0.25, -0.2) is 0 Å². The second-order valence-electron chi connectivity index (χ2n) is 5.15. The van der Waals surface area contributed by atoms with Crippen LogP contribution < -0.4 is 10.1 Å². The molecule has 1 rings (SSSR count). The van der Waals surface area contributed by atoms with E-state index in [9.17, 15) is 4.79 Å². The maximum absolute atomic E-state index is 12.0. The molecule has 0 aliphatic heterocycles. The van der Waals surface area contributed by atoms with Crippen LogP contribution in [0, 0.1) is 12.8 Å². The molecular weight excluding hydrogens is 278 g/mol. The van der Waals surface area contributed by atoms with Crippen molar-refractivity contribution in [1.29, 1.82) is 0 Å². The Hall–Kier alpha value is -1.26. The van der Waals surface area contributed by atoms with Gasteiger partial charge in [-0.15, -0.1) is 0 Å².